The molecule has 2 atom stereocenters. The van der Waals surface area contributed by atoms with Crippen LogP contribution in [0.4, 0.5) is 0 Å². The van der Waals surface area contributed by atoms with E-state index in [4.69, 9.17) is 92.8 Å². The van der Waals surface area contributed by atoms with Crippen molar-refractivity contribution in [2.45, 2.75) is 26.3 Å². The lowest BCUT2D eigenvalue weighted by atomic mass is 9.70. The Kier molecular flexibility index (Phi) is 4.56. The Balaban J connectivity index is 2.66. The molecule has 2 rings (SSSR count). The SMILES string of the molecule is ClCC1(CCl)[C@H]2CC(Cl)(Cl)[C@]1(C(Cl)Cl)CC2(Cl)Cl. The summed E-state index contributed by atoms with van der Waals surface area (Å²) in [6.07, 6.45) is 0.649. The number of fused-ring (bicyclic) bond motifs is 2. The Labute approximate surface area is 146 Å². The Bertz CT molecular complexity index is 348. The largest absolute Gasteiger partial charge is 0.127 e. The molecule has 0 radical (unpaired) electrons. The lowest BCUT2D eigenvalue weighted by Crippen LogP contribution is -2.51. The molecule has 2 saturated carbocycles. The van der Waals surface area contributed by atoms with Crippen LogP contribution in [0.25, 0.3) is 0 Å². The van der Waals surface area contributed by atoms with Crippen LogP contribution in [0.15, 0.2) is 0 Å². The number of alkyl halides is 8. The van der Waals surface area contributed by atoms with E-state index in [9.17, 15) is 0 Å². The third kappa shape index (κ3) is 1.80. The van der Waals surface area contributed by atoms with Crippen LogP contribution >= 0.6 is 92.8 Å². The van der Waals surface area contributed by atoms with Gasteiger partial charge in [-0.3, -0.25) is 0 Å². The summed E-state index contributed by atoms with van der Waals surface area (Å²) in [5.74, 6) is 0.178. The van der Waals surface area contributed by atoms with Gasteiger partial charge in [0, 0.05) is 28.5 Å². The summed E-state index contributed by atoms with van der Waals surface area (Å²) < 4.78 is -2.15. The molecule has 0 amide bonds. The van der Waals surface area contributed by atoms with E-state index in [0.29, 0.717) is 6.42 Å². The molecule has 8 heteroatoms. The number of hydrogen-bond donors (Lipinski definition) is 0. The van der Waals surface area contributed by atoms with Crippen molar-refractivity contribution in [1.29, 1.82) is 0 Å². The van der Waals surface area contributed by atoms with E-state index < -0.39 is 24.3 Å². The van der Waals surface area contributed by atoms with Crippen molar-refractivity contribution in [2.24, 2.45) is 16.7 Å². The first-order chi connectivity index (χ1) is 8.11. The highest BCUT2D eigenvalue weighted by molar-refractivity contribution is 6.54. The van der Waals surface area contributed by atoms with Crippen LogP contribution in [0.1, 0.15) is 12.8 Å². The van der Waals surface area contributed by atoms with E-state index >= 15 is 0 Å². The van der Waals surface area contributed by atoms with Crippen LogP contribution < -0.4 is 0 Å². The van der Waals surface area contributed by atoms with E-state index in [1.165, 1.54) is 0 Å². The van der Waals surface area contributed by atoms with Crippen molar-refractivity contribution in [1.82, 2.24) is 0 Å². The van der Waals surface area contributed by atoms with Crippen LogP contribution in [0.5, 0.6) is 0 Å². The Hall–Kier alpha value is 2.32. The van der Waals surface area contributed by atoms with E-state index in [1.54, 1.807) is 0 Å². The quantitative estimate of drug-likeness (QED) is 0.497. The topological polar surface area (TPSA) is 0 Å². The fraction of sp³-hybridized carbons (Fsp3) is 1.00. The first-order valence-corrected chi connectivity index (χ1v) is 8.72. The minimum Gasteiger partial charge on any atom is -0.126 e. The third-order valence-corrected chi connectivity index (χ3v) is 8.02. The van der Waals surface area contributed by atoms with E-state index in [1.807, 2.05) is 0 Å². The molecule has 0 aromatic rings. The highest BCUT2D eigenvalue weighted by Gasteiger charge is 2.81. The first kappa shape index (κ1) is 16.7. The molecule has 2 aliphatic rings. The fourth-order valence-corrected chi connectivity index (χ4v) is 7.93. The molecule has 0 saturated heterocycles. The van der Waals surface area contributed by atoms with Crippen molar-refractivity contribution in [3.8, 4) is 0 Å². The van der Waals surface area contributed by atoms with Gasteiger partial charge in [-0.2, -0.15) is 0 Å². The maximum atomic E-state index is 6.45. The Morgan fingerprint density at radius 3 is 1.83 bits per heavy atom. The van der Waals surface area contributed by atoms with E-state index in [0.717, 1.165) is 0 Å². The van der Waals surface area contributed by atoms with Crippen molar-refractivity contribution in [3.05, 3.63) is 0 Å². The van der Waals surface area contributed by atoms with Gasteiger partial charge in [0.25, 0.3) is 0 Å². The summed E-state index contributed by atoms with van der Waals surface area (Å²) in [7, 11) is 0. The van der Waals surface area contributed by atoms with E-state index in [2.05, 4.69) is 0 Å². The zero-order valence-corrected chi connectivity index (χ0v) is 15.1. The average molecular weight is 414 g/mol. The molecule has 2 bridgehead atoms. The lowest BCUT2D eigenvalue weighted by molar-refractivity contribution is 0.145. The Morgan fingerprint density at radius 2 is 1.50 bits per heavy atom. The summed E-state index contributed by atoms with van der Waals surface area (Å²) >= 11 is 50.3. The Morgan fingerprint density at radius 1 is 1.00 bits per heavy atom. The normalized spacial score (nSPS) is 39.5. The van der Waals surface area contributed by atoms with Crippen LogP contribution in [0.3, 0.4) is 0 Å². The molecule has 106 valence electrons. The second kappa shape index (κ2) is 4.92. The van der Waals surface area contributed by atoms with Gasteiger partial charge in [-0.05, 0) is 12.8 Å². The first-order valence-electron chi connectivity index (χ1n) is 5.27. The van der Waals surface area contributed by atoms with Crippen LogP contribution in [0.2, 0.25) is 0 Å². The van der Waals surface area contributed by atoms with Gasteiger partial charge in [-0.15, -0.1) is 92.8 Å². The van der Waals surface area contributed by atoms with Crippen molar-refractivity contribution in [2.75, 3.05) is 11.8 Å². The zero-order valence-electron chi connectivity index (χ0n) is 9.01. The number of rotatable bonds is 3. The summed E-state index contributed by atoms with van der Waals surface area (Å²) in [6.45, 7) is 0. The van der Waals surface area contributed by atoms with Crippen molar-refractivity contribution in [3.63, 3.8) is 0 Å². The van der Waals surface area contributed by atoms with Crippen LogP contribution in [-0.2, 0) is 0 Å². The van der Waals surface area contributed by atoms with Crippen LogP contribution in [-0.4, -0.2) is 25.3 Å². The number of halogens is 8. The molecule has 0 spiro atoms. The molecular weight excluding hydrogens is 404 g/mol. The second-order valence-electron chi connectivity index (χ2n) is 5.09. The molecular formula is C10H10Cl8. The van der Waals surface area contributed by atoms with Gasteiger partial charge < -0.3 is 0 Å². The summed E-state index contributed by atoms with van der Waals surface area (Å²) in [5.41, 5.74) is -1.58. The third-order valence-electron chi connectivity index (χ3n) is 4.54. The number of hydrogen-bond acceptors (Lipinski definition) is 0. The van der Waals surface area contributed by atoms with Crippen LogP contribution in [0, 0.1) is 16.7 Å². The fourth-order valence-electron chi connectivity index (χ4n) is 3.58. The summed E-state index contributed by atoms with van der Waals surface area (Å²) in [4.78, 5) is -0.852. The van der Waals surface area contributed by atoms with Gasteiger partial charge in [0.2, 0.25) is 0 Å². The van der Waals surface area contributed by atoms with Crippen molar-refractivity contribution >= 4 is 92.8 Å². The highest BCUT2D eigenvalue weighted by Crippen LogP contribution is 2.80. The van der Waals surface area contributed by atoms with Crippen molar-refractivity contribution < 1.29 is 0 Å². The molecule has 0 heterocycles. The molecule has 2 aliphatic carbocycles. The van der Waals surface area contributed by atoms with Gasteiger partial charge in [-0.1, -0.05) is 0 Å². The molecule has 0 unspecified atom stereocenters. The molecule has 0 aliphatic heterocycles. The van der Waals surface area contributed by atoms with E-state index in [-0.39, 0.29) is 24.1 Å². The predicted molar refractivity (Wildman–Crippen MR) is 83.4 cm³/mol. The maximum absolute atomic E-state index is 6.45. The molecule has 0 aromatic heterocycles. The zero-order chi connectivity index (χ0) is 14.0. The lowest BCUT2D eigenvalue weighted by Gasteiger charge is -2.47. The van der Waals surface area contributed by atoms with Gasteiger partial charge in [0.15, 0.2) is 0 Å². The average Bonchev–Trinajstić information content (AvgIpc) is 2.57. The second-order valence-corrected chi connectivity index (χ2v) is 9.75. The smallest absolute Gasteiger partial charge is 0.126 e. The highest BCUT2D eigenvalue weighted by atomic mass is 35.5. The molecule has 18 heavy (non-hydrogen) atoms. The molecule has 2 fully saturated rings. The minimum absolute atomic E-state index is 0.208. The van der Waals surface area contributed by atoms with Gasteiger partial charge >= 0.3 is 0 Å². The molecule has 0 nitrogen and oxygen atoms in total. The van der Waals surface area contributed by atoms with Gasteiger partial charge in [0.1, 0.15) is 13.5 Å². The van der Waals surface area contributed by atoms with Gasteiger partial charge in [-0.25, -0.2) is 0 Å². The predicted octanol–water partition coefficient (Wildman–Crippen LogP) is 6.01. The summed E-state index contributed by atoms with van der Waals surface area (Å²) in [5, 5.41) is 0. The molecule has 0 N–H and O–H groups in total. The maximum Gasteiger partial charge on any atom is 0.127 e. The summed E-state index contributed by atoms with van der Waals surface area (Å²) in [6, 6.07) is 0. The standard InChI is InChI=1S/C10H10Cl8/c11-3-7(4-12)5-1-10(17,18)8(7,6(13)14)2-9(5,15)16/h5-6H,1-4H2/t5-,8+/m1/s1. The minimum atomic E-state index is -1.14. The monoisotopic (exact) mass is 410 g/mol. The molecule has 0 aromatic carbocycles. The van der Waals surface area contributed by atoms with Gasteiger partial charge in [0.05, 0.1) is 0 Å².